The van der Waals surface area contributed by atoms with Gasteiger partial charge >= 0.3 is 6.18 Å². The van der Waals surface area contributed by atoms with Gasteiger partial charge in [-0.3, -0.25) is 0 Å². The molecule has 0 saturated carbocycles. The van der Waals surface area contributed by atoms with Gasteiger partial charge in [0.25, 0.3) is 0 Å². The van der Waals surface area contributed by atoms with Gasteiger partial charge < -0.3 is 9.30 Å². The minimum atomic E-state index is -4.49. The fraction of sp³-hybridized carbons (Fsp3) is 0.286. The second-order valence-electron chi connectivity index (χ2n) is 4.74. The van der Waals surface area contributed by atoms with E-state index in [4.69, 9.17) is 10.00 Å². The number of imidazole rings is 1. The number of benzene rings is 1. The molecule has 0 aliphatic carbocycles. The van der Waals surface area contributed by atoms with Crippen LogP contribution >= 0.6 is 0 Å². The third kappa shape index (κ3) is 2.50. The van der Waals surface area contributed by atoms with Crippen LogP contribution in [0.5, 0.6) is 0 Å². The second kappa shape index (κ2) is 4.90. The fourth-order valence-electron chi connectivity index (χ4n) is 2.10. The summed E-state index contributed by atoms with van der Waals surface area (Å²) < 4.78 is 45.1. The van der Waals surface area contributed by atoms with E-state index in [-0.39, 0.29) is 11.9 Å². The van der Waals surface area contributed by atoms with Crippen LogP contribution in [0.1, 0.15) is 17.3 Å². The maximum absolute atomic E-state index is 12.9. The number of ether oxygens (including phenoxy) is 1. The van der Waals surface area contributed by atoms with Crippen LogP contribution in [0, 0.1) is 11.3 Å². The van der Waals surface area contributed by atoms with Crippen LogP contribution in [0.15, 0.2) is 30.5 Å². The van der Waals surface area contributed by atoms with Crippen molar-refractivity contribution in [3.63, 3.8) is 0 Å². The van der Waals surface area contributed by atoms with Crippen LogP contribution < -0.4 is 0 Å². The Kier molecular flexibility index (Phi) is 3.18. The molecule has 0 unspecified atom stereocenters. The van der Waals surface area contributed by atoms with E-state index in [1.807, 2.05) is 6.07 Å². The summed E-state index contributed by atoms with van der Waals surface area (Å²) >= 11 is 0. The highest BCUT2D eigenvalue weighted by Crippen LogP contribution is 2.34. The van der Waals surface area contributed by atoms with Crippen molar-refractivity contribution < 1.29 is 17.9 Å². The molecular weight excluding hydrogens is 283 g/mol. The molecule has 1 fully saturated rings. The van der Waals surface area contributed by atoms with Gasteiger partial charge in [0.05, 0.1) is 30.9 Å². The summed E-state index contributed by atoms with van der Waals surface area (Å²) in [5.74, 6) is 0.236. The van der Waals surface area contributed by atoms with Crippen molar-refractivity contribution in [2.75, 3.05) is 13.2 Å². The minimum absolute atomic E-state index is 0.140. The van der Waals surface area contributed by atoms with E-state index in [1.165, 1.54) is 4.57 Å². The van der Waals surface area contributed by atoms with Crippen molar-refractivity contribution in [2.24, 2.45) is 0 Å². The van der Waals surface area contributed by atoms with E-state index in [0.29, 0.717) is 24.3 Å². The molecule has 0 atom stereocenters. The Morgan fingerprint density at radius 2 is 1.90 bits per heavy atom. The largest absolute Gasteiger partial charge is 0.434 e. The zero-order valence-electron chi connectivity index (χ0n) is 10.8. The predicted molar refractivity (Wildman–Crippen MR) is 67.2 cm³/mol. The van der Waals surface area contributed by atoms with Crippen molar-refractivity contribution in [3.8, 4) is 17.5 Å². The number of halogens is 3. The molecule has 0 spiro atoms. The van der Waals surface area contributed by atoms with E-state index in [0.717, 1.165) is 6.20 Å². The molecule has 2 aromatic rings. The molecule has 108 valence electrons. The lowest BCUT2D eigenvalue weighted by Gasteiger charge is -2.28. The quantitative estimate of drug-likeness (QED) is 0.855. The zero-order chi connectivity index (χ0) is 15.0. The summed E-state index contributed by atoms with van der Waals surface area (Å²) in [6.07, 6.45) is -3.47. The van der Waals surface area contributed by atoms with E-state index in [1.54, 1.807) is 24.3 Å². The normalized spacial score (nSPS) is 15.5. The fourth-order valence-corrected chi connectivity index (χ4v) is 2.10. The van der Waals surface area contributed by atoms with E-state index < -0.39 is 11.9 Å². The third-order valence-electron chi connectivity index (χ3n) is 3.31. The number of nitriles is 1. The minimum Gasteiger partial charge on any atom is -0.377 e. The second-order valence-corrected chi connectivity index (χ2v) is 4.74. The first-order valence-corrected chi connectivity index (χ1v) is 6.23. The zero-order valence-corrected chi connectivity index (χ0v) is 10.8. The van der Waals surface area contributed by atoms with E-state index >= 15 is 0 Å². The smallest absolute Gasteiger partial charge is 0.377 e. The highest BCUT2D eigenvalue weighted by atomic mass is 19.4. The van der Waals surface area contributed by atoms with E-state index in [2.05, 4.69) is 4.98 Å². The van der Waals surface area contributed by atoms with Crippen LogP contribution in [0.2, 0.25) is 0 Å². The molecule has 1 aromatic heterocycles. The third-order valence-corrected chi connectivity index (χ3v) is 3.31. The van der Waals surface area contributed by atoms with Gasteiger partial charge in [-0.2, -0.15) is 18.4 Å². The molecule has 1 aromatic carbocycles. The molecule has 1 saturated heterocycles. The van der Waals surface area contributed by atoms with Crippen molar-refractivity contribution >= 4 is 0 Å². The van der Waals surface area contributed by atoms with Gasteiger partial charge in [0.2, 0.25) is 0 Å². The number of hydrogen-bond acceptors (Lipinski definition) is 3. The topological polar surface area (TPSA) is 50.8 Å². The summed E-state index contributed by atoms with van der Waals surface area (Å²) in [5.41, 5.74) is 0.0602. The van der Waals surface area contributed by atoms with Crippen LogP contribution in [-0.2, 0) is 10.9 Å². The Hall–Kier alpha value is -2.33. The molecule has 3 rings (SSSR count). The van der Waals surface area contributed by atoms with Crippen molar-refractivity contribution in [1.29, 1.82) is 5.26 Å². The summed E-state index contributed by atoms with van der Waals surface area (Å²) in [7, 11) is 0. The summed E-state index contributed by atoms with van der Waals surface area (Å²) in [4.78, 5) is 3.71. The molecule has 0 N–H and O–H groups in total. The SMILES string of the molecule is N#Cc1ccc(-c2nc(C(F)(F)F)cn2C2COC2)cc1. The average Bonchev–Trinajstić information content (AvgIpc) is 2.81. The Labute approximate surface area is 118 Å². The highest BCUT2D eigenvalue weighted by molar-refractivity contribution is 5.58. The first-order valence-electron chi connectivity index (χ1n) is 6.23. The molecule has 4 nitrogen and oxygen atoms in total. The molecule has 1 aliphatic heterocycles. The molecule has 2 heterocycles. The van der Waals surface area contributed by atoms with Crippen LogP contribution in [0.4, 0.5) is 13.2 Å². The first-order chi connectivity index (χ1) is 9.99. The van der Waals surface area contributed by atoms with Gasteiger partial charge in [-0.15, -0.1) is 0 Å². The van der Waals surface area contributed by atoms with Gasteiger partial charge in [-0.25, -0.2) is 4.98 Å². The number of hydrogen-bond donors (Lipinski definition) is 0. The van der Waals surface area contributed by atoms with E-state index in [9.17, 15) is 13.2 Å². The lowest BCUT2D eigenvalue weighted by atomic mass is 10.1. The lowest BCUT2D eigenvalue weighted by Crippen LogP contribution is -2.30. The molecule has 1 aliphatic rings. The predicted octanol–water partition coefficient (Wildman–Crippen LogP) is 3.01. The summed E-state index contributed by atoms with van der Waals surface area (Å²) in [6.45, 7) is 0.744. The first kappa shape index (κ1) is 13.6. The number of aromatic nitrogens is 2. The lowest BCUT2D eigenvalue weighted by molar-refractivity contribution is -0.141. The number of nitrogens with zero attached hydrogens (tertiary/aromatic N) is 3. The Morgan fingerprint density at radius 3 is 2.38 bits per heavy atom. The number of rotatable bonds is 2. The molecule has 0 amide bonds. The maximum atomic E-state index is 12.9. The van der Waals surface area contributed by atoms with Crippen molar-refractivity contribution in [3.05, 3.63) is 41.7 Å². The summed E-state index contributed by atoms with van der Waals surface area (Å²) in [5, 5.41) is 8.76. The Balaban J connectivity index is 2.06. The maximum Gasteiger partial charge on any atom is 0.434 e. The van der Waals surface area contributed by atoms with Gasteiger partial charge in [0.15, 0.2) is 5.69 Å². The highest BCUT2D eigenvalue weighted by Gasteiger charge is 2.36. The average molecular weight is 293 g/mol. The van der Waals surface area contributed by atoms with Crippen LogP contribution in [0.25, 0.3) is 11.4 Å². The van der Waals surface area contributed by atoms with Crippen molar-refractivity contribution in [2.45, 2.75) is 12.2 Å². The monoisotopic (exact) mass is 293 g/mol. The molecular formula is C14H10F3N3O. The Bertz CT molecular complexity index is 694. The molecule has 0 radical (unpaired) electrons. The molecule has 21 heavy (non-hydrogen) atoms. The standard InChI is InChI=1S/C14H10F3N3O/c15-14(16,17)12-6-20(11-7-21-8-11)13(19-12)10-3-1-9(5-18)2-4-10/h1-4,6,11H,7-8H2. The molecule has 0 bridgehead atoms. The van der Waals surface area contributed by atoms with Gasteiger partial charge in [-0.05, 0) is 24.3 Å². The number of alkyl halides is 3. The van der Waals surface area contributed by atoms with Crippen molar-refractivity contribution in [1.82, 2.24) is 9.55 Å². The van der Waals surface area contributed by atoms with Gasteiger partial charge in [-0.1, -0.05) is 0 Å². The molecule has 7 heteroatoms. The van der Waals surface area contributed by atoms with Crippen LogP contribution in [-0.4, -0.2) is 22.8 Å². The summed E-state index contributed by atoms with van der Waals surface area (Å²) in [6, 6.07) is 8.13. The van der Waals surface area contributed by atoms with Crippen LogP contribution in [0.3, 0.4) is 0 Å². The Morgan fingerprint density at radius 1 is 1.24 bits per heavy atom. The van der Waals surface area contributed by atoms with Gasteiger partial charge in [0.1, 0.15) is 5.82 Å². The van der Waals surface area contributed by atoms with Gasteiger partial charge in [0, 0.05) is 11.8 Å².